The minimum Gasteiger partial charge on any atom is -0.361 e. The third-order valence-electron chi connectivity index (χ3n) is 2.96. The van der Waals surface area contributed by atoms with Crippen LogP contribution in [0.1, 0.15) is 39.4 Å². The number of amides is 1. The minimum atomic E-state index is -0.771. The van der Waals surface area contributed by atoms with Gasteiger partial charge in [0.15, 0.2) is 11.5 Å². The fraction of sp³-hybridized carbons (Fsp3) is 0.214. The van der Waals surface area contributed by atoms with Crippen LogP contribution in [0.2, 0.25) is 5.02 Å². The van der Waals surface area contributed by atoms with Crippen LogP contribution in [-0.2, 0) is 6.42 Å². The van der Waals surface area contributed by atoms with Crippen molar-refractivity contribution in [2.45, 2.75) is 19.3 Å². The highest BCUT2D eigenvalue weighted by Crippen LogP contribution is 2.18. The molecule has 8 heteroatoms. The molecule has 0 saturated carbocycles. The normalized spacial score (nSPS) is 10.5. The number of halogens is 2. The zero-order chi connectivity index (χ0) is 16.1. The Morgan fingerprint density at radius 3 is 2.82 bits per heavy atom. The molecule has 0 radical (unpaired) electrons. The van der Waals surface area contributed by atoms with Gasteiger partial charge in [0, 0.05) is 24.5 Å². The molecule has 2 rings (SSSR count). The van der Waals surface area contributed by atoms with Gasteiger partial charge in [-0.2, -0.15) is 0 Å². The first kappa shape index (κ1) is 16.1. The van der Waals surface area contributed by atoms with Crippen LogP contribution >= 0.6 is 11.6 Å². The standard InChI is InChI=1S/C14H12ClFN2O4/c15-10-6-8(4-5-11(10)16)13(19)3-1-2-9-7-12(18-22-9)14(20)17-21/h4-7,21H,1-3H2,(H,17,20). The number of nitrogens with zero attached hydrogens (tertiary/aromatic N) is 1. The Bertz CT molecular complexity index is 702. The number of aromatic nitrogens is 1. The first-order valence-corrected chi connectivity index (χ1v) is 6.77. The van der Waals surface area contributed by atoms with Gasteiger partial charge in [-0.1, -0.05) is 16.8 Å². The number of rotatable bonds is 6. The summed E-state index contributed by atoms with van der Waals surface area (Å²) < 4.78 is 17.9. The number of hydroxylamine groups is 1. The molecule has 1 aromatic carbocycles. The summed E-state index contributed by atoms with van der Waals surface area (Å²) >= 11 is 5.63. The first-order valence-electron chi connectivity index (χ1n) is 6.39. The number of hydrogen-bond acceptors (Lipinski definition) is 5. The molecule has 0 bridgehead atoms. The largest absolute Gasteiger partial charge is 0.361 e. The van der Waals surface area contributed by atoms with Crippen molar-refractivity contribution in [3.63, 3.8) is 0 Å². The van der Waals surface area contributed by atoms with Gasteiger partial charge in [0.05, 0.1) is 5.02 Å². The molecule has 0 atom stereocenters. The Morgan fingerprint density at radius 2 is 2.14 bits per heavy atom. The Morgan fingerprint density at radius 1 is 1.36 bits per heavy atom. The van der Waals surface area contributed by atoms with Crippen molar-refractivity contribution in [1.82, 2.24) is 10.6 Å². The predicted octanol–water partition coefficient (Wildman–Crippen LogP) is 2.79. The lowest BCUT2D eigenvalue weighted by molar-refractivity contribution is 0.0696. The summed E-state index contributed by atoms with van der Waals surface area (Å²) in [7, 11) is 0. The van der Waals surface area contributed by atoms with Crippen LogP contribution in [0.5, 0.6) is 0 Å². The predicted molar refractivity (Wildman–Crippen MR) is 74.4 cm³/mol. The second-order valence-electron chi connectivity index (χ2n) is 4.53. The van der Waals surface area contributed by atoms with Crippen molar-refractivity contribution >= 4 is 23.3 Å². The molecule has 1 amide bonds. The van der Waals surface area contributed by atoms with E-state index in [9.17, 15) is 14.0 Å². The van der Waals surface area contributed by atoms with E-state index in [2.05, 4.69) is 5.16 Å². The molecule has 0 aliphatic carbocycles. The van der Waals surface area contributed by atoms with E-state index in [1.165, 1.54) is 23.7 Å². The second-order valence-corrected chi connectivity index (χ2v) is 4.93. The fourth-order valence-corrected chi connectivity index (χ4v) is 2.01. The molecule has 6 nitrogen and oxygen atoms in total. The van der Waals surface area contributed by atoms with Crippen LogP contribution in [0.3, 0.4) is 0 Å². The van der Waals surface area contributed by atoms with E-state index in [0.717, 1.165) is 6.07 Å². The van der Waals surface area contributed by atoms with Gasteiger partial charge in [-0.25, -0.2) is 9.87 Å². The zero-order valence-electron chi connectivity index (χ0n) is 11.3. The number of benzene rings is 1. The smallest absolute Gasteiger partial charge is 0.296 e. The van der Waals surface area contributed by atoms with Gasteiger partial charge in [0.2, 0.25) is 0 Å². The van der Waals surface area contributed by atoms with Gasteiger partial charge < -0.3 is 4.52 Å². The van der Waals surface area contributed by atoms with Crippen LogP contribution in [0.15, 0.2) is 28.8 Å². The number of hydrogen-bond donors (Lipinski definition) is 2. The number of carbonyl (C=O) groups is 2. The summed E-state index contributed by atoms with van der Waals surface area (Å²) in [5, 5.41) is 11.8. The molecule has 1 heterocycles. The summed E-state index contributed by atoms with van der Waals surface area (Å²) in [6, 6.07) is 5.19. The molecule has 0 saturated heterocycles. The van der Waals surface area contributed by atoms with E-state index in [1.54, 1.807) is 0 Å². The Kier molecular flexibility index (Phi) is 5.24. The number of Topliss-reactive ketones (excluding diaryl/α,β-unsaturated/α-hetero) is 1. The third-order valence-corrected chi connectivity index (χ3v) is 3.25. The van der Waals surface area contributed by atoms with Crippen molar-refractivity contribution in [2.75, 3.05) is 0 Å². The van der Waals surface area contributed by atoms with Gasteiger partial charge in [-0.05, 0) is 24.6 Å². The average Bonchev–Trinajstić information content (AvgIpc) is 2.98. The molecule has 22 heavy (non-hydrogen) atoms. The second kappa shape index (κ2) is 7.15. The summed E-state index contributed by atoms with van der Waals surface area (Å²) in [5.74, 6) is -1.10. The number of ketones is 1. The lowest BCUT2D eigenvalue weighted by Gasteiger charge is -2.01. The quantitative estimate of drug-likeness (QED) is 0.484. The van der Waals surface area contributed by atoms with Crippen molar-refractivity contribution in [3.05, 3.63) is 52.1 Å². The van der Waals surface area contributed by atoms with Crippen LogP contribution in [0, 0.1) is 5.82 Å². The molecular weight excluding hydrogens is 315 g/mol. The third kappa shape index (κ3) is 3.90. The molecular formula is C14H12ClFN2O4. The van der Waals surface area contributed by atoms with Gasteiger partial charge in [0.25, 0.3) is 5.91 Å². The number of nitrogens with one attached hydrogen (secondary N) is 1. The SMILES string of the molecule is O=C(CCCc1cc(C(=O)NO)no1)c1ccc(F)c(Cl)c1. The maximum Gasteiger partial charge on any atom is 0.296 e. The highest BCUT2D eigenvalue weighted by Gasteiger charge is 2.13. The average molecular weight is 327 g/mol. The summed E-state index contributed by atoms with van der Waals surface area (Å²) in [4.78, 5) is 23.0. The van der Waals surface area contributed by atoms with E-state index in [4.69, 9.17) is 21.3 Å². The fourth-order valence-electron chi connectivity index (χ4n) is 1.83. The Labute approximate surface area is 129 Å². The summed E-state index contributed by atoms with van der Waals surface area (Å²) in [5.41, 5.74) is 1.73. The molecule has 0 unspecified atom stereocenters. The molecule has 0 fully saturated rings. The lowest BCUT2D eigenvalue weighted by atomic mass is 10.0. The number of carbonyl (C=O) groups excluding carboxylic acids is 2. The van der Waals surface area contributed by atoms with E-state index >= 15 is 0 Å². The molecule has 2 N–H and O–H groups in total. The molecule has 0 spiro atoms. The molecule has 2 aromatic rings. The first-order chi connectivity index (χ1) is 10.5. The van der Waals surface area contributed by atoms with E-state index in [0.29, 0.717) is 24.2 Å². The van der Waals surface area contributed by atoms with Crippen molar-refractivity contribution in [1.29, 1.82) is 0 Å². The molecule has 1 aromatic heterocycles. The minimum absolute atomic E-state index is 0.0471. The summed E-state index contributed by atoms with van der Waals surface area (Å²) in [6.45, 7) is 0. The monoisotopic (exact) mass is 326 g/mol. The molecule has 0 aliphatic rings. The van der Waals surface area contributed by atoms with E-state index < -0.39 is 11.7 Å². The van der Waals surface area contributed by atoms with Crippen LogP contribution in [0.25, 0.3) is 0 Å². The Hall–Kier alpha value is -2.25. The van der Waals surface area contributed by atoms with Crippen molar-refractivity contribution in [2.24, 2.45) is 0 Å². The number of aryl methyl sites for hydroxylation is 1. The highest BCUT2D eigenvalue weighted by molar-refractivity contribution is 6.31. The van der Waals surface area contributed by atoms with E-state index in [-0.39, 0.29) is 22.9 Å². The van der Waals surface area contributed by atoms with Gasteiger partial charge in [-0.3, -0.25) is 14.8 Å². The van der Waals surface area contributed by atoms with Crippen molar-refractivity contribution < 1.29 is 23.7 Å². The molecule has 0 aliphatic heterocycles. The lowest BCUT2D eigenvalue weighted by Crippen LogP contribution is -2.18. The maximum absolute atomic E-state index is 13.0. The Balaban J connectivity index is 1.87. The van der Waals surface area contributed by atoms with Gasteiger partial charge >= 0.3 is 0 Å². The highest BCUT2D eigenvalue weighted by atomic mass is 35.5. The zero-order valence-corrected chi connectivity index (χ0v) is 12.1. The van der Waals surface area contributed by atoms with Gasteiger partial charge in [-0.15, -0.1) is 0 Å². The molecule has 116 valence electrons. The van der Waals surface area contributed by atoms with E-state index in [1.807, 2.05) is 0 Å². The maximum atomic E-state index is 13.0. The van der Waals surface area contributed by atoms with Crippen LogP contribution in [-0.4, -0.2) is 22.1 Å². The van der Waals surface area contributed by atoms with Gasteiger partial charge in [0.1, 0.15) is 11.6 Å². The topological polar surface area (TPSA) is 92.4 Å². The van der Waals surface area contributed by atoms with Crippen molar-refractivity contribution in [3.8, 4) is 0 Å². The summed E-state index contributed by atoms with van der Waals surface area (Å²) in [6.07, 6.45) is 1.07. The van der Waals surface area contributed by atoms with Crippen LogP contribution < -0.4 is 5.48 Å². The van der Waals surface area contributed by atoms with Crippen LogP contribution in [0.4, 0.5) is 4.39 Å².